The van der Waals surface area contributed by atoms with Crippen LogP contribution in [0.2, 0.25) is 0 Å². The van der Waals surface area contributed by atoms with Crippen LogP contribution in [-0.4, -0.2) is 77.0 Å². The maximum atomic E-state index is 13.9. The molecule has 1 saturated heterocycles. The van der Waals surface area contributed by atoms with Gasteiger partial charge in [0.1, 0.15) is 23.9 Å². The van der Waals surface area contributed by atoms with Crippen LogP contribution in [0, 0.1) is 0 Å². The minimum absolute atomic E-state index is 0.00125. The average Bonchev–Trinajstić information content (AvgIpc) is 3.23. The van der Waals surface area contributed by atoms with Gasteiger partial charge in [-0.1, -0.05) is 43.7 Å². The summed E-state index contributed by atoms with van der Waals surface area (Å²) in [5.74, 6) is -1.02. The molecule has 2 rings (SSSR count). The summed E-state index contributed by atoms with van der Waals surface area (Å²) in [5.41, 5.74) is -1.92. The number of amides is 3. The lowest BCUT2D eigenvalue weighted by molar-refractivity contribution is -0.161. The fourth-order valence-corrected chi connectivity index (χ4v) is 5.19. The van der Waals surface area contributed by atoms with Crippen LogP contribution in [-0.2, 0) is 35.1 Å². The average molecular weight is 592 g/mol. The summed E-state index contributed by atoms with van der Waals surface area (Å²) in [6.07, 6.45) is -0.308. The predicted octanol–water partition coefficient (Wildman–Crippen LogP) is 4.71. The van der Waals surface area contributed by atoms with Crippen LogP contribution >= 0.6 is 0 Å². The van der Waals surface area contributed by atoms with Crippen molar-refractivity contribution in [2.75, 3.05) is 7.11 Å². The van der Waals surface area contributed by atoms with Crippen molar-refractivity contribution in [2.24, 2.45) is 0 Å². The molecule has 11 nitrogen and oxygen atoms in total. The first-order chi connectivity index (χ1) is 19.4. The molecule has 0 spiro atoms. The van der Waals surface area contributed by atoms with Crippen LogP contribution in [0.1, 0.15) is 87.1 Å². The van der Waals surface area contributed by atoms with Crippen molar-refractivity contribution in [3.8, 4) is 0 Å². The second kappa shape index (κ2) is 14.2. The van der Waals surface area contributed by atoms with Gasteiger partial charge in [0, 0.05) is 20.5 Å². The topological polar surface area (TPSA) is 132 Å². The number of benzene rings is 1. The highest BCUT2D eigenvalue weighted by molar-refractivity contribution is 5.84. The van der Waals surface area contributed by atoms with Crippen LogP contribution in [0.5, 0.6) is 0 Å². The summed E-state index contributed by atoms with van der Waals surface area (Å²) in [5, 5.41) is 5.82. The van der Waals surface area contributed by atoms with E-state index in [-0.39, 0.29) is 18.9 Å². The number of hydrogen-bond acceptors (Lipinski definition) is 8. The molecule has 1 fully saturated rings. The Labute approximate surface area is 250 Å². The van der Waals surface area contributed by atoms with Gasteiger partial charge in [0.15, 0.2) is 0 Å². The summed E-state index contributed by atoms with van der Waals surface area (Å²) in [6, 6.07) is 5.44. The van der Waals surface area contributed by atoms with Gasteiger partial charge in [-0.15, -0.1) is 0 Å². The Morgan fingerprint density at radius 1 is 0.976 bits per heavy atom. The Bertz CT molecular complexity index is 1080. The highest BCUT2D eigenvalue weighted by Crippen LogP contribution is 2.36. The Morgan fingerprint density at radius 3 is 2.07 bits per heavy atom. The Morgan fingerprint density at radius 2 is 1.57 bits per heavy atom. The zero-order valence-corrected chi connectivity index (χ0v) is 26.7. The molecular formula is C31H49N3O8. The minimum atomic E-state index is -1.12. The highest BCUT2D eigenvalue weighted by atomic mass is 16.6. The van der Waals surface area contributed by atoms with E-state index in [0.29, 0.717) is 12.8 Å². The van der Waals surface area contributed by atoms with Gasteiger partial charge in [-0.05, 0) is 60.5 Å². The number of ether oxygens (including phenoxy) is 4. The van der Waals surface area contributed by atoms with E-state index in [1.165, 1.54) is 18.9 Å². The van der Waals surface area contributed by atoms with Crippen molar-refractivity contribution >= 4 is 24.1 Å². The van der Waals surface area contributed by atoms with Crippen molar-refractivity contribution in [1.29, 1.82) is 0 Å². The number of rotatable bonds is 10. The summed E-state index contributed by atoms with van der Waals surface area (Å²) in [6.45, 7) is 15.5. The number of methoxy groups -OCH3 is 1. The van der Waals surface area contributed by atoms with Crippen molar-refractivity contribution in [1.82, 2.24) is 15.5 Å². The Balaban J connectivity index is 2.62. The molecule has 1 aromatic carbocycles. The highest BCUT2D eigenvalue weighted by Gasteiger charge is 2.57. The molecule has 236 valence electrons. The van der Waals surface area contributed by atoms with Gasteiger partial charge in [-0.3, -0.25) is 9.69 Å². The van der Waals surface area contributed by atoms with E-state index >= 15 is 0 Å². The van der Waals surface area contributed by atoms with Gasteiger partial charge >= 0.3 is 18.2 Å². The molecule has 0 radical (unpaired) electrons. The monoisotopic (exact) mass is 591 g/mol. The molecular weight excluding hydrogens is 542 g/mol. The van der Waals surface area contributed by atoms with Crippen LogP contribution in [0.3, 0.4) is 0 Å². The van der Waals surface area contributed by atoms with Crippen LogP contribution in [0.4, 0.5) is 9.59 Å². The smallest absolute Gasteiger partial charge is 0.411 e. The number of esters is 1. The molecule has 2 N–H and O–H groups in total. The Hall–Kier alpha value is -3.34. The number of carbonyl (C=O) groups is 4. The molecule has 0 aliphatic carbocycles. The molecule has 0 bridgehead atoms. The third-order valence-electron chi connectivity index (χ3n) is 6.92. The number of nitrogens with zero attached hydrogens (tertiary/aromatic N) is 1. The summed E-state index contributed by atoms with van der Waals surface area (Å²) in [4.78, 5) is 54.4. The molecule has 42 heavy (non-hydrogen) atoms. The first kappa shape index (κ1) is 34.9. The van der Waals surface area contributed by atoms with E-state index in [2.05, 4.69) is 10.6 Å². The summed E-state index contributed by atoms with van der Waals surface area (Å²) in [7, 11) is 1.53. The lowest BCUT2D eigenvalue weighted by Gasteiger charge is -2.45. The molecule has 1 aliphatic rings. The SMILES string of the molecule is CCC[C@](C)(OC)[C@H](NC(C)=O)[C@H]1[C@H](NC(=O)OCc2ccccc2)C[C@H](C(=O)OC(C)(C)C)N1C(=O)OC(C)(C)C. The van der Waals surface area contributed by atoms with Gasteiger partial charge < -0.3 is 29.6 Å². The van der Waals surface area contributed by atoms with Crippen molar-refractivity contribution in [2.45, 2.75) is 129 Å². The number of alkyl carbamates (subject to hydrolysis) is 1. The first-order valence-electron chi connectivity index (χ1n) is 14.4. The van der Waals surface area contributed by atoms with Crippen LogP contribution in [0.15, 0.2) is 30.3 Å². The van der Waals surface area contributed by atoms with Gasteiger partial charge in [-0.25, -0.2) is 14.4 Å². The number of likely N-dealkylation sites (tertiary alicyclic amines) is 1. The van der Waals surface area contributed by atoms with Crippen molar-refractivity contribution in [3.05, 3.63) is 35.9 Å². The fraction of sp³-hybridized carbons (Fsp3) is 0.677. The number of carbonyl (C=O) groups excluding carboxylic acids is 4. The summed E-state index contributed by atoms with van der Waals surface area (Å²) >= 11 is 0. The second-order valence-corrected chi connectivity index (χ2v) is 12.9. The predicted molar refractivity (Wildman–Crippen MR) is 158 cm³/mol. The lowest BCUT2D eigenvalue weighted by Crippen LogP contribution is -2.67. The third kappa shape index (κ3) is 9.89. The van der Waals surface area contributed by atoms with Crippen molar-refractivity contribution < 1.29 is 38.1 Å². The lowest BCUT2D eigenvalue weighted by atomic mass is 9.83. The molecule has 11 heteroatoms. The van der Waals surface area contributed by atoms with E-state index in [0.717, 1.165) is 5.56 Å². The largest absolute Gasteiger partial charge is 0.458 e. The van der Waals surface area contributed by atoms with Crippen LogP contribution < -0.4 is 10.6 Å². The maximum absolute atomic E-state index is 13.9. The zero-order chi connectivity index (χ0) is 31.9. The molecule has 1 aliphatic heterocycles. The minimum Gasteiger partial charge on any atom is -0.458 e. The summed E-state index contributed by atoms with van der Waals surface area (Å²) < 4.78 is 22.9. The van der Waals surface area contributed by atoms with Gasteiger partial charge in [-0.2, -0.15) is 0 Å². The van der Waals surface area contributed by atoms with Gasteiger partial charge in [0.2, 0.25) is 5.91 Å². The Kier molecular flexibility index (Phi) is 11.8. The van der Waals surface area contributed by atoms with E-state index < -0.39 is 59.1 Å². The fourth-order valence-electron chi connectivity index (χ4n) is 5.19. The molecule has 0 saturated carbocycles. The number of hydrogen-bond donors (Lipinski definition) is 2. The van der Waals surface area contributed by atoms with Gasteiger partial charge in [0.25, 0.3) is 0 Å². The van der Waals surface area contributed by atoms with E-state index in [9.17, 15) is 19.2 Å². The molecule has 0 unspecified atom stereocenters. The van der Waals surface area contributed by atoms with Gasteiger partial charge in [0.05, 0.1) is 23.7 Å². The normalized spacial score (nSPS) is 21.1. The first-order valence-corrected chi connectivity index (χ1v) is 14.4. The molecule has 3 amide bonds. The third-order valence-corrected chi connectivity index (χ3v) is 6.92. The maximum Gasteiger partial charge on any atom is 0.411 e. The zero-order valence-electron chi connectivity index (χ0n) is 26.7. The van der Waals surface area contributed by atoms with Crippen LogP contribution in [0.25, 0.3) is 0 Å². The second-order valence-electron chi connectivity index (χ2n) is 12.9. The molecule has 0 aromatic heterocycles. The standard InChI is InChI=1S/C31H49N3O8/c1-11-17-31(9,39-10)25(32-20(2)35)24-22(33-27(37)40-19-21-15-13-12-14-16-21)18-23(26(36)41-29(3,4)5)34(24)28(38)42-30(6,7)8/h12-16,22-25H,11,17-19H2,1-10H3,(H,32,35)(H,33,37)/t22-,23-,24-,25-,31+/m1/s1. The molecule has 5 atom stereocenters. The molecule has 1 aromatic rings. The van der Waals surface area contributed by atoms with E-state index in [4.69, 9.17) is 18.9 Å². The van der Waals surface area contributed by atoms with E-state index in [1.54, 1.807) is 41.5 Å². The molecule has 1 heterocycles. The van der Waals surface area contributed by atoms with Crippen molar-refractivity contribution in [3.63, 3.8) is 0 Å². The van der Waals surface area contributed by atoms with E-state index in [1.807, 2.05) is 44.2 Å². The number of nitrogens with one attached hydrogen (secondary N) is 2. The quantitative estimate of drug-likeness (QED) is 0.295.